The van der Waals surface area contributed by atoms with E-state index in [1.165, 1.54) is 4.68 Å². The van der Waals surface area contributed by atoms with Crippen LogP contribution in [0.4, 0.5) is 0 Å². The number of hydrogen-bond donors (Lipinski definition) is 2. The molecule has 6 nitrogen and oxygen atoms in total. The first kappa shape index (κ1) is 12.6. The van der Waals surface area contributed by atoms with E-state index in [0.717, 1.165) is 12.8 Å². The molecule has 90 valence electrons. The maximum atomic E-state index is 11.0. The average molecular weight is 227 g/mol. The van der Waals surface area contributed by atoms with E-state index in [-0.39, 0.29) is 24.8 Å². The van der Waals surface area contributed by atoms with Gasteiger partial charge >= 0.3 is 5.97 Å². The number of hydrogen-bond acceptors (Lipinski definition) is 4. The number of carboxylic acid groups (broad SMARTS) is 1. The molecule has 1 heterocycles. The van der Waals surface area contributed by atoms with Crippen LogP contribution in [0.3, 0.4) is 0 Å². The van der Waals surface area contributed by atoms with Crippen LogP contribution in [-0.2, 0) is 6.54 Å². The van der Waals surface area contributed by atoms with E-state index in [9.17, 15) is 4.79 Å². The lowest BCUT2D eigenvalue weighted by Crippen LogP contribution is -2.14. The van der Waals surface area contributed by atoms with Crippen molar-refractivity contribution in [1.82, 2.24) is 15.0 Å². The van der Waals surface area contributed by atoms with Gasteiger partial charge in [0.25, 0.3) is 0 Å². The number of nitrogens with zero attached hydrogens (tertiary/aromatic N) is 3. The molecule has 0 bridgehead atoms. The van der Waals surface area contributed by atoms with Crippen LogP contribution in [0.1, 0.15) is 48.8 Å². The topological polar surface area (TPSA) is 88.2 Å². The lowest BCUT2D eigenvalue weighted by Gasteiger charge is -2.14. The van der Waals surface area contributed by atoms with Crippen LogP contribution >= 0.6 is 0 Å². The summed E-state index contributed by atoms with van der Waals surface area (Å²) in [6, 6.07) is 0. The Balaban J connectivity index is 3.17. The van der Waals surface area contributed by atoms with Gasteiger partial charge in [0.2, 0.25) is 0 Å². The Morgan fingerprint density at radius 3 is 2.50 bits per heavy atom. The second-order valence-electron chi connectivity index (χ2n) is 3.59. The molecular weight excluding hydrogens is 210 g/mol. The van der Waals surface area contributed by atoms with Gasteiger partial charge in [-0.25, -0.2) is 9.48 Å². The quantitative estimate of drug-likeness (QED) is 0.752. The Morgan fingerprint density at radius 1 is 1.44 bits per heavy atom. The minimum atomic E-state index is -1.06. The number of carboxylic acids is 1. The summed E-state index contributed by atoms with van der Waals surface area (Å²) < 4.78 is 1.49. The SMILES string of the molecule is CCC(CC)c1c(C(=O)O)nnn1CCO. The first-order valence-corrected chi connectivity index (χ1v) is 5.43. The van der Waals surface area contributed by atoms with Crippen molar-refractivity contribution in [2.75, 3.05) is 6.61 Å². The van der Waals surface area contributed by atoms with E-state index in [1.54, 1.807) is 0 Å². The van der Waals surface area contributed by atoms with Crippen molar-refractivity contribution in [2.24, 2.45) is 0 Å². The summed E-state index contributed by atoms with van der Waals surface area (Å²) in [6.07, 6.45) is 1.66. The standard InChI is InChI=1S/C10H17N3O3/c1-3-7(4-2)9-8(10(15)16)11-12-13(9)5-6-14/h7,14H,3-6H2,1-2H3,(H,15,16). The number of carbonyl (C=O) groups is 1. The molecule has 0 aliphatic carbocycles. The van der Waals surface area contributed by atoms with Gasteiger partial charge in [0.05, 0.1) is 18.8 Å². The molecule has 1 aromatic rings. The highest BCUT2D eigenvalue weighted by Crippen LogP contribution is 2.25. The van der Waals surface area contributed by atoms with Crippen molar-refractivity contribution in [3.05, 3.63) is 11.4 Å². The third-order valence-corrected chi connectivity index (χ3v) is 2.66. The molecule has 0 aliphatic heterocycles. The van der Waals surface area contributed by atoms with E-state index < -0.39 is 5.97 Å². The van der Waals surface area contributed by atoms with Crippen molar-refractivity contribution in [3.63, 3.8) is 0 Å². The van der Waals surface area contributed by atoms with Gasteiger partial charge in [-0.3, -0.25) is 0 Å². The average Bonchev–Trinajstić information content (AvgIpc) is 2.65. The van der Waals surface area contributed by atoms with Crippen molar-refractivity contribution in [1.29, 1.82) is 0 Å². The van der Waals surface area contributed by atoms with Crippen LogP contribution < -0.4 is 0 Å². The minimum Gasteiger partial charge on any atom is -0.476 e. The molecule has 0 saturated heterocycles. The molecule has 1 aromatic heterocycles. The van der Waals surface area contributed by atoms with E-state index in [1.807, 2.05) is 13.8 Å². The monoisotopic (exact) mass is 227 g/mol. The number of aliphatic hydroxyl groups is 1. The fourth-order valence-electron chi connectivity index (χ4n) is 1.81. The summed E-state index contributed by atoms with van der Waals surface area (Å²) in [5.41, 5.74) is 0.619. The number of aromatic nitrogens is 3. The smallest absolute Gasteiger partial charge is 0.358 e. The van der Waals surface area contributed by atoms with Crippen LogP contribution in [0.2, 0.25) is 0 Å². The first-order chi connectivity index (χ1) is 7.65. The largest absolute Gasteiger partial charge is 0.476 e. The Hall–Kier alpha value is -1.43. The van der Waals surface area contributed by atoms with Gasteiger partial charge in [-0.05, 0) is 12.8 Å². The highest BCUT2D eigenvalue weighted by atomic mass is 16.4. The molecule has 6 heteroatoms. The summed E-state index contributed by atoms with van der Waals surface area (Å²) in [6.45, 7) is 4.20. The van der Waals surface area contributed by atoms with Gasteiger partial charge in [0.15, 0.2) is 5.69 Å². The van der Waals surface area contributed by atoms with Crippen molar-refractivity contribution in [3.8, 4) is 0 Å². The van der Waals surface area contributed by atoms with Crippen molar-refractivity contribution in [2.45, 2.75) is 39.2 Å². The van der Waals surface area contributed by atoms with Gasteiger partial charge < -0.3 is 10.2 Å². The fraction of sp³-hybridized carbons (Fsp3) is 0.700. The lowest BCUT2D eigenvalue weighted by molar-refractivity contribution is 0.0688. The van der Waals surface area contributed by atoms with E-state index >= 15 is 0 Å². The zero-order valence-electron chi connectivity index (χ0n) is 9.55. The maximum Gasteiger partial charge on any atom is 0.358 e. The Kier molecular flexibility index (Phi) is 4.42. The third-order valence-electron chi connectivity index (χ3n) is 2.66. The highest BCUT2D eigenvalue weighted by Gasteiger charge is 2.24. The predicted octanol–water partition coefficient (Wildman–Crippen LogP) is 0.872. The summed E-state index contributed by atoms with van der Waals surface area (Å²) in [4.78, 5) is 11.0. The van der Waals surface area contributed by atoms with Crippen LogP contribution in [-0.4, -0.2) is 37.8 Å². The summed E-state index contributed by atoms with van der Waals surface area (Å²) in [5, 5.41) is 25.3. The van der Waals surface area contributed by atoms with Gasteiger partial charge in [0, 0.05) is 5.92 Å². The Morgan fingerprint density at radius 2 is 2.06 bits per heavy atom. The van der Waals surface area contributed by atoms with E-state index in [2.05, 4.69) is 10.3 Å². The summed E-state index contributed by atoms with van der Waals surface area (Å²) in [7, 11) is 0. The normalized spacial score (nSPS) is 11.0. The number of rotatable bonds is 6. The zero-order valence-corrected chi connectivity index (χ0v) is 9.55. The molecule has 0 saturated carbocycles. The molecule has 0 radical (unpaired) electrons. The van der Waals surface area contributed by atoms with Gasteiger partial charge in [0.1, 0.15) is 0 Å². The first-order valence-electron chi connectivity index (χ1n) is 5.43. The van der Waals surface area contributed by atoms with Crippen LogP contribution in [0.5, 0.6) is 0 Å². The van der Waals surface area contributed by atoms with Gasteiger partial charge in [-0.2, -0.15) is 0 Å². The molecule has 16 heavy (non-hydrogen) atoms. The third kappa shape index (κ3) is 2.38. The molecule has 2 N–H and O–H groups in total. The molecular formula is C10H17N3O3. The van der Waals surface area contributed by atoms with Crippen LogP contribution in [0, 0.1) is 0 Å². The molecule has 0 fully saturated rings. The summed E-state index contributed by atoms with van der Waals surface area (Å²) in [5.74, 6) is -0.946. The molecule has 0 atom stereocenters. The lowest BCUT2D eigenvalue weighted by atomic mass is 9.97. The Labute approximate surface area is 93.9 Å². The minimum absolute atomic E-state index is 0.00199. The molecule has 0 aliphatic rings. The van der Waals surface area contributed by atoms with Crippen LogP contribution in [0.25, 0.3) is 0 Å². The summed E-state index contributed by atoms with van der Waals surface area (Å²) >= 11 is 0. The molecule has 0 aromatic carbocycles. The van der Waals surface area contributed by atoms with Crippen LogP contribution in [0.15, 0.2) is 0 Å². The van der Waals surface area contributed by atoms with E-state index in [0.29, 0.717) is 5.69 Å². The fourth-order valence-corrected chi connectivity index (χ4v) is 1.81. The molecule has 0 amide bonds. The van der Waals surface area contributed by atoms with E-state index in [4.69, 9.17) is 10.2 Å². The zero-order chi connectivity index (χ0) is 12.1. The Bertz CT molecular complexity index is 358. The predicted molar refractivity (Wildman–Crippen MR) is 57.4 cm³/mol. The van der Waals surface area contributed by atoms with Gasteiger partial charge in [-0.1, -0.05) is 19.1 Å². The molecule has 1 rings (SSSR count). The highest BCUT2D eigenvalue weighted by molar-refractivity contribution is 5.86. The van der Waals surface area contributed by atoms with Crippen molar-refractivity contribution >= 4 is 5.97 Å². The second kappa shape index (κ2) is 5.60. The molecule has 0 unspecified atom stereocenters. The number of aromatic carboxylic acids is 1. The molecule has 0 spiro atoms. The maximum absolute atomic E-state index is 11.0. The van der Waals surface area contributed by atoms with Crippen molar-refractivity contribution < 1.29 is 15.0 Å². The number of aliphatic hydroxyl groups excluding tert-OH is 1. The van der Waals surface area contributed by atoms with Gasteiger partial charge in [-0.15, -0.1) is 5.10 Å². The second-order valence-corrected chi connectivity index (χ2v) is 3.59.